The number of hydrogen-bond acceptors (Lipinski definition) is 4. The van der Waals surface area contributed by atoms with Gasteiger partial charge in [0.2, 0.25) is 5.95 Å². The van der Waals surface area contributed by atoms with Crippen molar-refractivity contribution in [3.8, 4) is 0 Å². The monoisotopic (exact) mass is 355 g/mol. The van der Waals surface area contributed by atoms with E-state index in [0.29, 0.717) is 33.3 Å². The fraction of sp³-hybridized carbons (Fsp3) is 0.214. The van der Waals surface area contributed by atoms with E-state index in [9.17, 15) is 0 Å². The average molecular weight is 357 g/mol. The number of nitrogens with one attached hydrogen (secondary N) is 1. The minimum absolute atomic E-state index is 0.418. The molecule has 1 aromatic carbocycles. The third-order valence-electron chi connectivity index (χ3n) is 3.30. The van der Waals surface area contributed by atoms with Crippen LogP contribution < -0.4 is 5.32 Å². The molecular weight excluding hydrogens is 345 g/mol. The number of benzene rings is 1. The van der Waals surface area contributed by atoms with Crippen LogP contribution in [0.2, 0.25) is 15.1 Å². The highest BCUT2D eigenvalue weighted by molar-refractivity contribution is 6.36. The SMILES string of the molecule is Cc1nc2nc(NCc3c(Cl)cccc3Cl)nn2c(C)c1Cl. The second-order valence-corrected chi connectivity index (χ2v) is 5.99. The van der Waals surface area contributed by atoms with E-state index in [-0.39, 0.29) is 0 Å². The van der Waals surface area contributed by atoms with Crippen molar-refractivity contribution >= 4 is 46.5 Å². The van der Waals surface area contributed by atoms with Gasteiger partial charge in [-0.25, -0.2) is 4.98 Å². The fourth-order valence-corrected chi connectivity index (χ4v) is 2.75. The molecule has 2 aromatic heterocycles. The van der Waals surface area contributed by atoms with Crippen LogP contribution in [0.4, 0.5) is 5.95 Å². The number of halogens is 3. The molecule has 2 heterocycles. The number of fused-ring (bicyclic) bond motifs is 1. The van der Waals surface area contributed by atoms with Crippen molar-refractivity contribution in [2.75, 3.05) is 5.32 Å². The van der Waals surface area contributed by atoms with Gasteiger partial charge in [0.1, 0.15) is 0 Å². The summed E-state index contributed by atoms with van der Waals surface area (Å²) >= 11 is 18.5. The summed E-state index contributed by atoms with van der Waals surface area (Å²) in [5, 5.41) is 9.22. The van der Waals surface area contributed by atoms with Crippen molar-refractivity contribution in [3.63, 3.8) is 0 Å². The van der Waals surface area contributed by atoms with Gasteiger partial charge in [0, 0.05) is 22.2 Å². The van der Waals surface area contributed by atoms with Crippen LogP contribution in [0.5, 0.6) is 0 Å². The molecule has 0 amide bonds. The van der Waals surface area contributed by atoms with E-state index in [0.717, 1.165) is 17.0 Å². The van der Waals surface area contributed by atoms with Crippen LogP contribution in [0.25, 0.3) is 5.78 Å². The van der Waals surface area contributed by atoms with E-state index < -0.39 is 0 Å². The average Bonchev–Trinajstić information content (AvgIpc) is 2.87. The predicted octanol–water partition coefficient (Wildman–Crippen LogP) is 4.31. The van der Waals surface area contributed by atoms with Gasteiger partial charge in [-0.2, -0.15) is 9.50 Å². The summed E-state index contributed by atoms with van der Waals surface area (Å²) < 4.78 is 1.60. The quantitative estimate of drug-likeness (QED) is 0.759. The lowest BCUT2D eigenvalue weighted by Gasteiger charge is -2.06. The van der Waals surface area contributed by atoms with E-state index in [4.69, 9.17) is 34.8 Å². The third kappa shape index (κ3) is 2.72. The molecule has 0 atom stereocenters. The molecule has 0 radical (unpaired) electrons. The standard InChI is InChI=1S/C14H12Cl3N5/c1-7-12(17)8(2)22-14(19-7)20-13(21-22)18-6-9-10(15)4-3-5-11(9)16/h3-5H,6H2,1-2H3,(H,18,21). The molecule has 0 aliphatic rings. The van der Waals surface area contributed by atoms with Gasteiger partial charge in [-0.05, 0) is 26.0 Å². The first kappa shape index (κ1) is 15.3. The van der Waals surface area contributed by atoms with Crippen LogP contribution in [0.15, 0.2) is 18.2 Å². The summed E-state index contributed by atoms with van der Waals surface area (Å²) in [6.45, 7) is 4.12. The summed E-state index contributed by atoms with van der Waals surface area (Å²) in [7, 11) is 0. The van der Waals surface area contributed by atoms with Gasteiger partial charge in [-0.15, -0.1) is 5.10 Å². The number of hydrogen-bond donors (Lipinski definition) is 1. The Bertz CT molecular complexity index is 839. The molecule has 0 aliphatic carbocycles. The molecular formula is C14H12Cl3N5. The van der Waals surface area contributed by atoms with Crippen LogP contribution in [0, 0.1) is 13.8 Å². The van der Waals surface area contributed by atoms with Gasteiger partial charge in [-0.1, -0.05) is 40.9 Å². The number of rotatable bonds is 3. The van der Waals surface area contributed by atoms with Crippen LogP contribution in [0.3, 0.4) is 0 Å². The van der Waals surface area contributed by atoms with E-state index in [1.807, 2.05) is 13.8 Å². The second kappa shape index (κ2) is 5.91. The van der Waals surface area contributed by atoms with Gasteiger partial charge >= 0.3 is 0 Å². The molecule has 0 saturated carbocycles. The minimum atomic E-state index is 0.418. The molecule has 0 aliphatic heterocycles. The zero-order chi connectivity index (χ0) is 15.9. The van der Waals surface area contributed by atoms with E-state index in [2.05, 4.69) is 20.4 Å². The first-order valence-electron chi connectivity index (χ1n) is 6.53. The van der Waals surface area contributed by atoms with Crippen LogP contribution in [-0.4, -0.2) is 19.6 Å². The summed E-state index contributed by atoms with van der Waals surface area (Å²) in [6, 6.07) is 5.38. The van der Waals surface area contributed by atoms with Crippen molar-refractivity contribution in [2.24, 2.45) is 0 Å². The van der Waals surface area contributed by atoms with E-state index >= 15 is 0 Å². The molecule has 0 unspecified atom stereocenters. The highest BCUT2D eigenvalue weighted by atomic mass is 35.5. The molecule has 0 saturated heterocycles. The Morgan fingerprint density at radius 3 is 2.45 bits per heavy atom. The fourth-order valence-electron chi connectivity index (χ4n) is 2.10. The van der Waals surface area contributed by atoms with Crippen molar-refractivity contribution in [3.05, 3.63) is 50.2 Å². The van der Waals surface area contributed by atoms with Gasteiger partial charge in [-0.3, -0.25) is 0 Å². The van der Waals surface area contributed by atoms with Crippen LogP contribution >= 0.6 is 34.8 Å². The number of anilines is 1. The molecule has 22 heavy (non-hydrogen) atoms. The molecule has 3 aromatic rings. The maximum absolute atomic E-state index is 6.17. The van der Waals surface area contributed by atoms with Crippen LogP contribution in [0.1, 0.15) is 17.0 Å². The van der Waals surface area contributed by atoms with Gasteiger partial charge in [0.05, 0.1) is 16.4 Å². The lowest BCUT2D eigenvalue weighted by molar-refractivity contribution is 0.883. The molecule has 0 spiro atoms. The zero-order valence-electron chi connectivity index (χ0n) is 11.9. The Kier molecular flexibility index (Phi) is 4.12. The third-order valence-corrected chi connectivity index (χ3v) is 4.55. The Labute approximate surface area is 142 Å². The Balaban J connectivity index is 1.91. The smallest absolute Gasteiger partial charge is 0.254 e. The Morgan fingerprint density at radius 1 is 1.09 bits per heavy atom. The molecule has 0 bridgehead atoms. The molecule has 5 nitrogen and oxygen atoms in total. The summed E-state index contributed by atoms with van der Waals surface area (Å²) in [6.07, 6.45) is 0. The summed E-state index contributed by atoms with van der Waals surface area (Å²) in [5.41, 5.74) is 2.31. The maximum atomic E-state index is 6.17. The zero-order valence-corrected chi connectivity index (χ0v) is 14.1. The van der Waals surface area contributed by atoms with Crippen molar-refractivity contribution in [2.45, 2.75) is 20.4 Å². The van der Waals surface area contributed by atoms with Crippen LogP contribution in [-0.2, 0) is 6.54 Å². The first-order chi connectivity index (χ1) is 10.5. The minimum Gasteiger partial charge on any atom is -0.349 e. The Hall–Kier alpha value is -1.56. The van der Waals surface area contributed by atoms with Gasteiger partial charge in [0.25, 0.3) is 5.78 Å². The lowest BCUT2D eigenvalue weighted by Crippen LogP contribution is -2.03. The topological polar surface area (TPSA) is 55.1 Å². The molecule has 1 N–H and O–H groups in total. The number of nitrogens with zero attached hydrogens (tertiary/aromatic N) is 4. The summed E-state index contributed by atoms with van der Waals surface area (Å²) in [5.74, 6) is 0.931. The molecule has 114 valence electrons. The lowest BCUT2D eigenvalue weighted by atomic mass is 10.2. The van der Waals surface area contributed by atoms with E-state index in [1.54, 1.807) is 22.7 Å². The van der Waals surface area contributed by atoms with E-state index in [1.165, 1.54) is 0 Å². The largest absolute Gasteiger partial charge is 0.349 e. The first-order valence-corrected chi connectivity index (χ1v) is 7.67. The molecule has 8 heteroatoms. The molecule has 3 rings (SSSR count). The van der Waals surface area contributed by atoms with Crippen molar-refractivity contribution < 1.29 is 0 Å². The van der Waals surface area contributed by atoms with Crippen molar-refractivity contribution in [1.82, 2.24) is 19.6 Å². The Morgan fingerprint density at radius 2 is 1.77 bits per heavy atom. The van der Waals surface area contributed by atoms with Crippen molar-refractivity contribution in [1.29, 1.82) is 0 Å². The summed E-state index contributed by atoms with van der Waals surface area (Å²) in [4.78, 5) is 8.65. The normalized spacial score (nSPS) is 11.1. The second-order valence-electron chi connectivity index (χ2n) is 4.80. The van der Waals surface area contributed by atoms with Gasteiger partial charge in [0.15, 0.2) is 0 Å². The molecule has 0 fully saturated rings. The maximum Gasteiger partial charge on any atom is 0.254 e. The number of aromatic nitrogens is 4. The highest BCUT2D eigenvalue weighted by Gasteiger charge is 2.12. The van der Waals surface area contributed by atoms with Gasteiger partial charge < -0.3 is 5.32 Å². The number of aryl methyl sites for hydroxylation is 2. The highest BCUT2D eigenvalue weighted by Crippen LogP contribution is 2.25. The predicted molar refractivity (Wildman–Crippen MR) is 89.1 cm³/mol.